The van der Waals surface area contributed by atoms with Crippen molar-refractivity contribution in [3.63, 3.8) is 0 Å². The van der Waals surface area contributed by atoms with Crippen LogP contribution in [0.4, 0.5) is 0 Å². The van der Waals surface area contributed by atoms with E-state index in [0.717, 1.165) is 18.4 Å². The Morgan fingerprint density at radius 3 is 2.52 bits per heavy atom. The molecule has 1 fully saturated rings. The zero-order valence-corrected chi connectivity index (χ0v) is 13.3. The predicted octanol–water partition coefficient (Wildman–Crippen LogP) is 3.29. The molecule has 21 heavy (non-hydrogen) atoms. The third kappa shape index (κ3) is 6.10. The van der Waals surface area contributed by atoms with Crippen molar-refractivity contribution in [3.05, 3.63) is 35.9 Å². The number of carbonyl (C=O) groups excluding carboxylic acids is 1. The molecule has 0 aromatic heterocycles. The molecule has 0 bridgehead atoms. The lowest BCUT2D eigenvalue weighted by Crippen LogP contribution is -2.35. The minimum absolute atomic E-state index is 0.104. The largest absolute Gasteiger partial charge is 0.388 e. The summed E-state index contributed by atoms with van der Waals surface area (Å²) in [4.78, 5) is 11.9. The SMILES string of the molecule is O=C(CSCC(O)c1ccccc1)NC1CCCCCC1. The summed E-state index contributed by atoms with van der Waals surface area (Å²) < 4.78 is 0. The topological polar surface area (TPSA) is 49.3 Å². The van der Waals surface area contributed by atoms with Gasteiger partial charge in [0.05, 0.1) is 11.9 Å². The molecule has 2 rings (SSSR count). The number of aliphatic hydroxyl groups is 1. The normalized spacial score (nSPS) is 18.0. The van der Waals surface area contributed by atoms with Crippen LogP contribution < -0.4 is 5.32 Å². The van der Waals surface area contributed by atoms with Gasteiger partial charge in [-0.05, 0) is 18.4 Å². The van der Waals surface area contributed by atoms with Crippen LogP contribution in [0.2, 0.25) is 0 Å². The van der Waals surface area contributed by atoms with Crippen molar-refractivity contribution in [2.75, 3.05) is 11.5 Å². The zero-order chi connectivity index (χ0) is 14.9. The number of thioether (sulfide) groups is 1. The number of nitrogens with one attached hydrogen (secondary N) is 1. The smallest absolute Gasteiger partial charge is 0.230 e. The maximum atomic E-state index is 11.9. The Balaban J connectivity index is 1.64. The highest BCUT2D eigenvalue weighted by molar-refractivity contribution is 7.99. The molecule has 0 aliphatic heterocycles. The van der Waals surface area contributed by atoms with Gasteiger partial charge < -0.3 is 10.4 Å². The predicted molar refractivity (Wildman–Crippen MR) is 88.4 cm³/mol. The van der Waals surface area contributed by atoms with Crippen LogP contribution in [-0.2, 0) is 4.79 Å². The minimum Gasteiger partial charge on any atom is -0.388 e. The molecular weight excluding hydrogens is 282 g/mol. The van der Waals surface area contributed by atoms with E-state index < -0.39 is 6.10 Å². The molecule has 2 N–H and O–H groups in total. The Bertz CT molecular complexity index is 416. The van der Waals surface area contributed by atoms with E-state index in [0.29, 0.717) is 17.5 Å². The standard InChI is InChI=1S/C17H25NO2S/c19-16(14-8-4-3-5-9-14)12-21-13-17(20)18-15-10-6-1-2-7-11-15/h3-5,8-9,15-16,19H,1-2,6-7,10-13H2,(H,18,20). The van der Waals surface area contributed by atoms with Gasteiger partial charge in [0.1, 0.15) is 0 Å². The summed E-state index contributed by atoms with van der Waals surface area (Å²) in [6, 6.07) is 9.96. The molecule has 1 aliphatic carbocycles. The fourth-order valence-electron chi connectivity index (χ4n) is 2.73. The van der Waals surface area contributed by atoms with Gasteiger partial charge in [0.2, 0.25) is 5.91 Å². The molecule has 1 unspecified atom stereocenters. The molecule has 1 aliphatic rings. The maximum absolute atomic E-state index is 11.9. The molecule has 0 spiro atoms. The monoisotopic (exact) mass is 307 g/mol. The molecule has 1 amide bonds. The molecule has 0 saturated heterocycles. The Hall–Kier alpha value is -1.00. The average molecular weight is 307 g/mol. The summed E-state index contributed by atoms with van der Waals surface area (Å²) >= 11 is 1.50. The number of aliphatic hydroxyl groups excluding tert-OH is 1. The van der Waals surface area contributed by atoms with Crippen molar-refractivity contribution in [1.82, 2.24) is 5.32 Å². The quantitative estimate of drug-likeness (QED) is 0.793. The van der Waals surface area contributed by atoms with Gasteiger partial charge in [-0.15, -0.1) is 11.8 Å². The first-order chi connectivity index (χ1) is 10.3. The zero-order valence-electron chi connectivity index (χ0n) is 12.5. The first-order valence-corrected chi connectivity index (χ1v) is 9.01. The van der Waals surface area contributed by atoms with Crippen LogP contribution in [0.25, 0.3) is 0 Å². The van der Waals surface area contributed by atoms with E-state index in [-0.39, 0.29) is 5.91 Å². The van der Waals surface area contributed by atoms with Crippen LogP contribution in [0.3, 0.4) is 0 Å². The van der Waals surface area contributed by atoms with Crippen LogP contribution >= 0.6 is 11.8 Å². The van der Waals surface area contributed by atoms with Crippen molar-refractivity contribution in [2.24, 2.45) is 0 Å². The van der Waals surface area contributed by atoms with Gasteiger partial charge in [-0.2, -0.15) is 0 Å². The van der Waals surface area contributed by atoms with Gasteiger partial charge in [-0.1, -0.05) is 56.0 Å². The van der Waals surface area contributed by atoms with E-state index in [9.17, 15) is 9.90 Å². The molecule has 1 aromatic rings. The minimum atomic E-state index is -0.498. The van der Waals surface area contributed by atoms with Crippen molar-refractivity contribution >= 4 is 17.7 Å². The maximum Gasteiger partial charge on any atom is 0.230 e. The van der Waals surface area contributed by atoms with Gasteiger partial charge >= 0.3 is 0 Å². The molecule has 4 heteroatoms. The second kappa shape index (κ2) is 9.11. The van der Waals surface area contributed by atoms with E-state index in [1.165, 1.54) is 37.4 Å². The summed E-state index contributed by atoms with van der Waals surface area (Å²) in [6.45, 7) is 0. The number of rotatable bonds is 6. The van der Waals surface area contributed by atoms with Crippen molar-refractivity contribution in [2.45, 2.75) is 50.7 Å². The Labute approximate surface area is 131 Å². The third-order valence-corrected chi connectivity index (χ3v) is 4.93. The van der Waals surface area contributed by atoms with Gasteiger partial charge in [0, 0.05) is 11.8 Å². The van der Waals surface area contributed by atoms with E-state index in [2.05, 4.69) is 5.32 Å². The molecule has 3 nitrogen and oxygen atoms in total. The Morgan fingerprint density at radius 2 is 1.86 bits per heavy atom. The summed E-state index contributed by atoms with van der Waals surface area (Å²) in [5, 5.41) is 13.2. The second-order valence-corrected chi connectivity index (χ2v) is 6.73. The van der Waals surface area contributed by atoms with Crippen molar-refractivity contribution < 1.29 is 9.90 Å². The fraction of sp³-hybridized carbons (Fsp3) is 0.588. The van der Waals surface area contributed by atoms with E-state index in [1.807, 2.05) is 30.3 Å². The van der Waals surface area contributed by atoms with Gasteiger partial charge in [-0.3, -0.25) is 4.79 Å². The number of hydrogen-bond donors (Lipinski definition) is 2. The third-order valence-electron chi connectivity index (χ3n) is 3.91. The van der Waals surface area contributed by atoms with E-state index in [1.54, 1.807) is 0 Å². The van der Waals surface area contributed by atoms with E-state index >= 15 is 0 Å². The Morgan fingerprint density at radius 1 is 1.19 bits per heavy atom. The average Bonchev–Trinajstić information content (AvgIpc) is 2.76. The van der Waals surface area contributed by atoms with Crippen LogP contribution in [0, 0.1) is 0 Å². The van der Waals surface area contributed by atoms with Crippen LogP contribution in [0.1, 0.15) is 50.2 Å². The molecule has 1 saturated carbocycles. The van der Waals surface area contributed by atoms with E-state index in [4.69, 9.17) is 0 Å². The van der Waals surface area contributed by atoms with Gasteiger partial charge in [0.25, 0.3) is 0 Å². The molecule has 0 radical (unpaired) electrons. The highest BCUT2D eigenvalue weighted by Gasteiger charge is 2.15. The lowest BCUT2D eigenvalue weighted by molar-refractivity contribution is -0.119. The summed E-state index contributed by atoms with van der Waals surface area (Å²) in [7, 11) is 0. The number of carbonyl (C=O) groups is 1. The van der Waals surface area contributed by atoms with Crippen LogP contribution in [0.15, 0.2) is 30.3 Å². The lowest BCUT2D eigenvalue weighted by Gasteiger charge is -2.16. The summed E-state index contributed by atoms with van der Waals surface area (Å²) in [6.07, 6.45) is 6.78. The molecular formula is C17H25NO2S. The molecule has 1 aromatic carbocycles. The number of hydrogen-bond acceptors (Lipinski definition) is 3. The van der Waals surface area contributed by atoms with Crippen LogP contribution in [0.5, 0.6) is 0 Å². The molecule has 116 valence electrons. The van der Waals surface area contributed by atoms with Gasteiger partial charge in [0.15, 0.2) is 0 Å². The molecule has 1 atom stereocenters. The lowest BCUT2D eigenvalue weighted by atomic mass is 10.1. The van der Waals surface area contributed by atoms with Gasteiger partial charge in [-0.25, -0.2) is 0 Å². The molecule has 0 heterocycles. The highest BCUT2D eigenvalue weighted by Crippen LogP contribution is 2.19. The van der Waals surface area contributed by atoms with Crippen molar-refractivity contribution in [3.8, 4) is 0 Å². The highest BCUT2D eigenvalue weighted by atomic mass is 32.2. The number of benzene rings is 1. The Kier molecular flexibility index (Phi) is 7.10. The summed E-state index contributed by atoms with van der Waals surface area (Å²) in [5.74, 6) is 1.09. The summed E-state index contributed by atoms with van der Waals surface area (Å²) in [5.41, 5.74) is 0.911. The number of amides is 1. The first-order valence-electron chi connectivity index (χ1n) is 7.86. The van der Waals surface area contributed by atoms with Crippen molar-refractivity contribution in [1.29, 1.82) is 0 Å². The fourth-order valence-corrected chi connectivity index (χ4v) is 3.53. The van der Waals surface area contributed by atoms with Crippen LogP contribution in [-0.4, -0.2) is 28.6 Å². The first kappa shape index (κ1) is 16.4. The second-order valence-electron chi connectivity index (χ2n) is 5.70.